The van der Waals surface area contributed by atoms with Crippen molar-refractivity contribution in [1.29, 1.82) is 0 Å². The number of amides is 1. The number of rotatable bonds is 3. The monoisotopic (exact) mass is 381 g/mol. The zero-order valence-electron chi connectivity index (χ0n) is 15.0. The predicted molar refractivity (Wildman–Crippen MR) is 109 cm³/mol. The van der Waals surface area contributed by atoms with Gasteiger partial charge in [-0.1, -0.05) is 11.6 Å². The lowest BCUT2D eigenvalue weighted by Crippen LogP contribution is -2.17. The summed E-state index contributed by atoms with van der Waals surface area (Å²) in [6.07, 6.45) is 4.01. The van der Waals surface area contributed by atoms with Gasteiger partial charge in [-0.05, 0) is 55.3 Å². The number of nitrogens with one attached hydrogen (secondary N) is 1. The Kier molecular flexibility index (Phi) is 4.62. The van der Waals surface area contributed by atoms with E-state index in [1.165, 1.54) is 30.0 Å². The second-order valence-electron chi connectivity index (χ2n) is 6.79. The molecule has 27 heavy (non-hydrogen) atoms. The van der Waals surface area contributed by atoms with Crippen LogP contribution in [0, 0.1) is 0 Å². The quantitative estimate of drug-likeness (QED) is 0.708. The first kappa shape index (κ1) is 17.6. The van der Waals surface area contributed by atoms with E-state index in [4.69, 9.17) is 11.6 Å². The summed E-state index contributed by atoms with van der Waals surface area (Å²) >= 11 is 6.09. The molecule has 1 N–H and O–H groups in total. The van der Waals surface area contributed by atoms with Crippen molar-refractivity contribution >= 4 is 45.7 Å². The van der Waals surface area contributed by atoms with Crippen molar-refractivity contribution in [2.45, 2.75) is 19.8 Å². The first-order chi connectivity index (χ1) is 13.0. The Hall–Kier alpha value is -2.79. The van der Waals surface area contributed by atoms with Crippen LogP contribution in [0.2, 0.25) is 5.02 Å². The molecule has 0 unspecified atom stereocenters. The third-order valence-electron chi connectivity index (χ3n) is 4.95. The zero-order valence-corrected chi connectivity index (χ0v) is 15.8. The molecule has 1 saturated heterocycles. The third-order valence-corrected chi connectivity index (χ3v) is 5.18. The van der Waals surface area contributed by atoms with E-state index in [9.17, 15) is 9.59 Å². The molecule has 1 aliphatic rings. The number of hydrogen-bond acceptors (Lipinski definition) is 3. The molecule has 1 aliphatic heterocycles. The van der Waals surface area contributed by atoms with Crippen LogP contribution in [0.4, 0.5) is 11.4 Å². The van der Waals surface area contributed by atoms with Crippen molar-refractivity contribution in [3.05, 3.63) is 59.2 Å². The van der Waals surface area contributed by atoms with Gasteiger partial charge in [0.1, 0.15) is 0 Å². The van der Waals surface area contributed by atoms with Crippen LogP contribution in [0.5, 0.6) is 0 Å². The fourth-order valence-electron chi connectivity index (χ4n) is 3.57. The minimum atomic E-state index is -0.267. The first-order valence-electron chi connectivity index (χ1n) is 9.01. The van der Waals surface area contributed by atoms with Crippen LogP contribution in [0.3, 0.4) is 0 Å². The maximum Gasteiger partial charge on any atom is 0.257 e. The molecule has 1 aromatic heterocycles. The van der Waals surface area contributed by atoms with Crippen molar-refractivity contribution in [3.8, 4) is 0 Å². The minimum absolute atomic E-state index is 0.156. The molecule has 1 amide bonds. The Balaban J connectivity index is 1.61. The molecule has 3 aromatic rings. The third kappa shape index (κ3) is 3.43. The summed E-state index contributed by atoms with van der Waals surface area (Å²) in [5.74, 6) is -0.424. The second kappa shape index (κ2) is 7.08. The number of benzene rings is 2. The summed E-state index contributed by atoms with van der Waals surface area (Å²) in [4.78, 5) is 27.1. The van der Waals surface area contributed by atoms with E-state index in [1.54, 1.807) is 24.4 Å². The molecular weight excluding hydrogens is 362 g/mol. The number of halogens is 1. The number of carbonyl (C=O) groups excluding carboxylic acids is 2. The molecule has 0 saturated carbocycles. The number of hydrogen-bond donors (Lipinski definition) is 1. The van der Waals surface area contributed by atoms with Crippen molar-refractivity contribution in [2.75, 3.05) is 23.3 Å². The summed E-state index contributed by atoms with van der Waals surface area (Å²) in [6.45, 7) is 3.63. The van der Waals surface area contributed by atoms with Crippen LogP contribution < -0.4 is 10.2 Å². The average Bonchev–Trinajstić information content (AvgIpc) is 3.30. The van der Waals surface area contributed by atoms with Gasteiger partial charge in [-0.2, -0.15) is 0 Å². The smallest absolute Gasteiger partial charge is 0.257 e. The normalized spacial score (nSPS) is 13.9. The van der Waals surface area contributed by atoms with Gasteiger partial charge < -0.3 is 10.2 Å². The lowest BCUT2D eigenvalue weighted by Gasteiger charge is -2.17. The van der Waals surface area contributed by atoms with Gasteiger partial charge in [-0.15, -0.1) is 0 Å². The SMILES string of the molecule is CC(=O)n1cc(C(=O)Nc2ccc(N3CCCC3)cc2)c2cc(Cl)ccc21. The van der Waals surface area contributed by atoms with Crippen LogP contribution >= 0.6 is 11.6 Å². The highest BCUT2D eigenvalue weighted by molar-refractivity contribution is 6.31. The van der Waals surface area contributed by atoms with Crippen LogP contribution in [-0.2, 0) is 0 Å². The molecule has 4 rings (SSSR count). The molecular formula is C21H20ClN3O2. The summed E-state index contributed by atoms with van der Waals surface area (Å²) in [7, 11) is 0. The van der Waals surface area contributed by atoms with Crippen LogP contribution in [-0.4, -0.2) is 29.5 Å². The van der Waals surface area contributed by atoms with Gasteiger partial charge in [0.15, 0.2) is 0 Å². The van der Waals surface area contributed by atoms with E-state index in [0.717, 1.165) is 13.1 Å². The first-order valence-corrected chi connectivity index (χ1v) is 9.38. The summed E-state index contributed by atoms with van der Waals surface area (Å²) in [6, 6.07) is 13.0. The van der Waals surface area contributed by atoms with Gasteiger partial charge >= 0.3 is 0 Å². The molecule has 0 atom stereocenters. The Morgan fingerprint density at radius 1 is 1.04 bits per heavy atom. The van der Waals surface area contributed by atoms with Crippen LogP contribution in [0.1, 0.15) is 34.9 Å². The zero-order chi connectivity index (χ0) is 19.0. The molecule has 5 nitrogen and oxygen atoms in total. The fraction of sp³-hybridized carbons (Fsp3) is 0.238. The van der Waals surface area contributed by atoms with E-state index in [0.29, 0.717) is 27.2 Å². The van der Waals surface area contributed by atoms with E-state index in [2.05, 4.69) is 10.2 Å². The summed E-state index contributed by atoms with van der Waals surface area (Å²) in [5, 5.41) is 4.09. The topological polar surface area (TPSA) is 54.3 Å². The molecule has 0 aliphatic carbocycles. The van der Waals surface area contributed by atoms with Gasteiger partial charge in [0, 0.05) is 48.0 Å². The maximum absolute atomic E-state index is 12.8. The summed E-state index contributed by atoms with van der Waals surface area (Å²) < 4.78 is 1.47. The van der Waals surface area contributed by atoms with Crippen molar-refractivity contribution < 1.29 is 9.59 Å². The molecule has 2 heterocycles. The number of nitrogens with zero attached hydrogens (tertiary/aromatic N) is 2. The van der Waals surface area contributed by atoms with E-state index >= 15 is 0 Å². The van der Waals surface area contributed by atoms with Gasteiger partial charge in [-0.3, -0.25) is 14.2 Å². The number of carbonyl (C=O) groups is 2. The van der Waals surface area contributed by atoms with Crippen molar-refractivity contribution in [1.82, 2.24) is 4.57 Å². The molecule has 0 radical (unpaired) electrons. The molecule has 1 fully saturated rings. The lowest BCUT2D eigenvalue weighted by molar-refractivity contribution is 0.0941. The van der Waals surface area contributed by atoms with Gasteiger partial charge in [0.25, 0.3) is 5.91 Å². The number of aromatic nitrogens is 1. The second-order valence-corrected chi connectivity index (χ2v) is 7.22. The predicted octanol–water partition coefficient (Wildman–Crippen LogP) is 4.81. The minimum Gasteiger partial charge on any atom is -0.372 e. The van der Waals surface area contributed by atoms with Gasteiger partial charge in [0.2, 0.25) is 5.91 Å². The standard InChI is InChI=1S/C21H20ClN3O2/c1-14(26)25-13-19(18-12-15(22)4-9-20(18)25)21(27)23-16-5-7-17(8-6-16)24-10-2-3-11-24/h4-9,12-13H,2-3,10-11H2,1H3,(H,23,27). The van der Waals surface area contributed by atoms with Gasteiger partial charge in [-0.25, -0.2) is 0 Å². The van der Waals surface area contributed by atoms with Crippen LogP contribution in [0.25, 0.3) is 10.9 Å². The average molecular weight is 382 g/mol. The van der Waals surface area contributed by atoms with E-state index < -0.39 is 0 Å². The highest BCUT2D eigenvalue weighted by Crippen LogP contribution is 2.27. The largest absolute Gasteiger partial charge is 0.372 e. The van der Waals surface area contributed by atoms with E-state index in [1.807, 2.05) is 24.3 Å². The Morgan fingerprint density at radius 3 is 2.41 bits per heavy atom. The number of anilines is 2. The Labute approximate surface area is 162 Å². The van der Waals surface area contributed by atoms with Gasteiger partial charge in [0.05, 0.1) is 11.1 Å². The number of fused-ring (bicyclic) bond motifs is 1. The molecule has 2 aromatic carbocycles. The Bertz CT molecular complexity index is 1020. The highest BCUT2D eigenvalue weighted by atomic mass is 35.5. The van der Waals surface area contributed by atoms with Crippen molar-refractivity contribution in [2.24, 2.45) is 0 Å². The van der Waals surface area contributed by atoms with E-state index in [-0.39, 0.29) is 11.8 Å². The summed E-state index contributed by atoms with van der Waals surface area (Å²) in [5.41, 5.74) is 2.98. The van der Waals surface area contributed by atoms with Crippen LogP contribution in [0.15, 0.2) is 48.7 Å². The highest BCUT2D eigenvalue weighted by Gasteiger charge is 2.18. The molecule has 0 bridgehead atoms. The fourth-order valence-corrected chi connectivity index (χ4v) is 3.75. The maximum atomic E-state index is 12.8. The Morgan fingerprint density at radius 2 is 1.74 bits per heavy atom. The molecule has 0 spiro atoms. The molecule has 138 valence electrons. The van der Waals surface area contributed by atoms with Crippen molar-refractivity contribution in [3.63, 3.8) is 0 Å². The lowest BCUT2D eigenvalue weighted by atomic mass is 10.1. The molecule has 6 heteroatoms.